The van der Waals surface area contributed by atoms with E-state index in [0.717, 1.165) is 7.11 Å². The maximum Gasteiger partial charge on any atom is 0.396 e. The Kier molecular flexibility index (Phi) is 4.58. The minimum atomic E-state index is -4.51. The number of hydrogen-bond donors (Lipinski definition) is 0. The summed E-state index contributed by atoms with van der Waals surface area (Å²) >= 11 is 0. The van der Waals surface area contributed by atoms with Crippen molar-refractivity contribution in [3.05, 3.63) is 29.8 Å². The van der Waals surface area contributed by atoms with Gasteiger partial charge in [-0.3, -0.25) is 4.79 Å². The van der Waals surface area contributed by atoms with Crippen LogP contribution in [0.2, 0.25) is 0 Å². The summed E-state index contributed by atoms with van der Waals surface area (Å²) in [5, 5.41) is 0. The fraction of sp³-hybridized carbons (Fsp3) is 0.417. The number of hydrogen-bond acceptors (Lipinski definition) is 3. The van der Waals surface area contributed by atoms with Crippen molar-refractivity contribution in [2.45, 2.75) is 18.5 Å². The molecule has 0 aliphatic rings. The van der Waals surface area contributed by atoms with E-state index in [1.54, 1.807) is 0 Å². The van der Waals surface area contributed by atoms with E-state index < -0.39 is 24.5 Å². The molecule has 3 nitrogen and oxygen atoms in total. The van der Waals surface area contributed by atoms with Crippen LogP contribution in [0.25, 0.3) is 0 Å². The lowest BCUT2D eigenvalue weighted by Gasteiger charge is -2.20. The Labute approximate surface area is 103 Å². The van der Waals surface area contributed by atoms with Gasteiger partial charge in [-0.1, -0.05) is 12.1 Å². The Hall–Kier alpha value is -1.72. The van der Waals surface area contributed by atoms with Crippen LogP contribution in [0.15, 0.2) is 24.3 Å². The van der Waals surface area contributed by atoms with E-state index in [0.29, 0.717) is 5.75 Å². The van der Waals surface area contributed by atoms with E-state index in [2.05, 4.69) is 4.74 Å². The first kappa shape index (κ1) is 14.3. The smallest absolute Gasteiger partial charge is 0.396 e. The van der Waals surface area contributed by atoms with Crippen LogP contribution in [0.4, 0.5) is 13.2 Å². The minimum Gasteiger partial charge on any atom is -0.497 e. The summed E-state index contributed by atoms with van der Waals surface area (Å²) in [6.07, 6.45) is -5.26. The fourth-order valence-corrected chi connectivity index (χ4v) is 1.53. The maximum atomic E-state index is 12.9. The monoisotopic (exact) mass is 262 g/mol. The van der Waals surface area contributed by atoms with E-state index in [-0.39, 0.29) is 5.56 Å². The molecule has 1 atom stereocenters. The number of carbonyl (C=O) groups excluding carboxylic acids is 1. The third kappa shape index (κ3) is 3.65. The molecule has 0 fully saturated rings. The first-order valence-electron chi connectivity index (χ1n) is 5.16. The number of ether oxygens (including phenoxy) is 2. The highest BCUT2D eigenvalue weighted by Gasteiger charge is 2.42. The van der Waals surface area contributed by atoms with E-state index in [1.807, 2.05) is 0 Å². The van der Waals surface area contributed by atoms with Crippen molar-refractivity contribution < 1.29 is 27.4 Å². The fourth-order valence-electron chi connectivity index (χ4n) is 1.53. The quantitative estimate of drug-likeness (QED) is 0.783. The van der Waals surface area contributed by atoms with Gasteiger partial charge in [0.05, 0.1) is 26.6 Å². The predicted molar refractivity (Wildman–Crippen MR) is 58.4 cm³/mol. The Morgan fingerprint density at radius 2 is 2.00 bits per heavy atom. The summed E-state index contributed by atoms with van der Waals surface area (Å²) < 4.78 is 47.8. The highest BCUT2D eigenvalue weighted by atomic mass is 19.4. The van der Waals surface area contributed by atoms with Gasteiger partial charge in [0.15, 0.2) is 0 Å². The lowest BCUT2D eigenvalue weighted by atomic mass is 9.95. The van der Waals surface area contributed by atoms with Gasteiger partial charge in [-0.05, 0) is 17.7 Å². The van der Waals surface area contributed by atoms with Gasteiger partial charge in [-0.15, -0.1) is 0 Å². The Morgan fingerprint density at radius 3 is 2.50 bits per heavy atom. The number of benzene rings is 1. The Morgan fingerprint density at radius 1 is 1.33 bits per heavy atom. The molecule has 18 heavy (non-hydrogen) atoms. The first-order valence-corrected chi connectivity index (χ1v) is 5.16. The van der Waals surface area contributed by atoms with Crippen molar-refractivity contribution >= 4 is 5.97 Å². The van der Waals surface area contributed by atoms with Gasteiger partial charge >= 0.3 is 12.1 Å². The second kappa shape index (κ2) is 5.75. The zero-order valence-electron chi connectivity index (χ0n) is 9.95. The molecule has 100 valence electrons. The van der Waals surface area contributed by atoms with Gasteiger partial charge in [0.1, 0.15) is 5.75 Å². The molecule has 1 aromatic rings. The Balaban J connectivity index is 3.05. The van der Waals surface area contributed by atoms with Crippen molar-refractivity contribution in [3.8, 4) is 5.75 Å². The molecule has 0 saturated carbocycles. The van der Waals surface area contributed by atoms with Crippen LogP contribution in [0.3, 0.4) is 0 Å². The zero-order valence-corrected chi connectivity index (χ0v) is 9.95. The molecule has 1 unspecified atom stereocenters. The molecule has 0 heterocycles. The highest BCUT2D eigenvalue weighted by molar-refractivity contribution is 5.70. The van der Waals surface area contributed by atoms with Gasteiger partial charge < -0.3 is 9.47 Å². The molecule has 0 aromatic heterocycles. The van der Waals surface area contributed by atoms with Crippen LogP contribution in [-0.4, -0.2) is 26.4 Å². The lowest BCUT2D eigenvalue weighted by molar-refractivity contribution is -0.164. The van der Waals surface area contributed by atoms with E-state index in [4.69, 9.17) is 4.74 Å². The maximum absolute atomic E-state index is 12.9. The number of halogens is 3. The van der Waals surface area contributed by atoms with Crippen LogP contribution >= 0.6 is 0 Å². The second-order valence-corrected chi connectivity index (χ2v) is 3.65. The topological polar surface area (TPSA) is 35.5 Å². The summed E-state index contributed by atoms with van der Waals surface area (Å²) in [5.41, 5.74) is -0.0211. The van der Waals surface area contributed by atoms with Crippen molar-refractivity contribution in [3.63, 3.8) is 0 Å². The number of esters is 1. The average Bonchev–Trinajstić information content (AvgIpc) is 2.34. The summed E-state index contributed by atoms with van der Waals surface area (Å²) in [5.74, 6) is -2.48. The summed E-state index contributed by atoms with van der Waals surface area (Å²) in [6, 6.07) is 5.56. The third-order valence-electron chi connectivity index (χ3n) is 2.49. The molecule has 0 radical (unpaired) electrons. The molecule has 6 heteroatoms. The van der Waals surface area contributed by atoms with Gasteiger partial charge in [-0.2, -0.15) is 13.2 Å². The molecule has 0 aliphatic carbocycles. The largest absolute Gasteiger partial charge is 0.497 e. The van der Waals surface area contributed by atoms with Crippen molar-refractivity contribution in [2.75, 3.05) is 14.2 Å². The molecule has 0 spiro atoms. The number of methoxy groups -OCH3 is 2. The summed E-state index contributed by atoms with van der Waals surface area (Å²) in [6.45, 7) is 0. The molecule has 0 bridgehead atoms. The molecule has 0 aliphatic heterocycles. The predicted octanol–water partition coefficient (Wildman–Crippen LogP) is 2.90. The van der Waals surface area contributed by atoms with Gasteiger partial charge in [0, 0.05) is 0 Å². The van der Waals surface area contributed by atoms with Crippen molar-refractivity contribution in [1.29, 1.82) is 0 Å². The minimum absolute atomic E-state index is 0.0211. The molecule has 0 N–H and O–H groups in total. The van der Waals surface area contributed by atoms with Crippen LogP contribution in [0.1, 0.15) is 17.9 Å². The SMILES string of the molecule is COC(=O)CC(c1cccc(OC)c1)C(F)(F)F. The van der Waals surface area contributed by atoms with Crippen LogP contribution in [-0.2, 0) is 9.53 Å². The second-order valence-electron chi connectivity index (χ2n) is 3.65. The first-order chi connectivity index (χ1) is 8.38. The summed E-state index contributed by atoms with van der Waals surface area (Å²) in [7, 11) is 2.42. The number of alkyl halides is 3. The zero-order chi connectivity index (χ0) is 13.8. The molecular weight excluding hydrogens is 249 g/mol. The van der Waals surface area contributed by atoms with Crippen LogP contribution < -0.4 is 4.74 Å². The number of rotatable bonds is 4. The lowest BCUT2D eigenvalue weighted by Crippen LogP contribution is -2.24. The highest BCUT2D eigenvalue weighted by Crippen LogP contribution is 2.38. The van der Waals surface area contributed by atoms with E-state index in [9.17, 15) is 18.0 Å². The molecular formula is C12H13F3O3. The average molecular weight is 262 g/mol. The molecule has 1 rings (SSSR count). The number of carbonyl (C=O) groups is 1. The summed E-state index contributed by atoms with van der Waals surface area (Å²) in [4.78, 5) is 11.0. The third-order valence-corrected chi connectivity index (χ3v) is 2.49. The Bertz CT molecular complexity index is 415. The van der Waals surface area contributed by atoms with Crippen molar-refractivity contribution in [2.24, 2.45) is 0 Å². The van der Waals surface area contributed by atoms with Crippen molar-refractivity contribution in [1.82, 2.24) is 0 Å². The van der Waals surface area contributed by atoms with Crippen LogP contribution in [0.5, 0.6) is 5.75 Å². The molecule has 0 amide bonds. The van der Waals surface area contributed by atoms with Gasteiger partial charge in [-0.25, -0.2) is 0 Å². The standard InChI is InChI=1S/C12H13F3O3/c1-17-9-5-3-4-8(6-9)10(12(13,14)15)7-11(16)18-2/h3-6,10H,7H2,1-2H3. The van der Waals surface area contributed by atoms with Crippen LogP contribution in [0, 0.1) is 0 Å². The van der Waals surface area contributed by atoms with Gasteiger partial charge in [0.25, 0.3) is 0 Å². The normalized spacial score (nSPS) is 12.9. The molecule has 0 saturated heterocycles. The van der Waals surface area contributed by atoms with Gasteiger partial charge in [0.2, 0.25) is 0 Å². The molecule has 1 aromatic carbocycles. The van der Waals surface area contributed by atoms with E-state index >= 15 is 0 Å². The van der Waals surface area contributed by atoms with E-state index in [1.165, 1.54) is 31.4 Å².